The maximum Gasteiger partial charge on any atom is 0.249 e. The first-order valence-corrected chi connectivity index (χ1v) is 16.7. The number of aliphatic hydroxyl groups is 1. The van der Waals surface area contributed by atoms with Crippen molar-refractivity contribution in [2.24, 2.45) is 11.3 Å². The predicted octanol–water partition coefficient (Wildman–Crippen LogP) is 5.67. The zero-order valence-corrected chi connectivity index (χ0v) is 28.5. The van der Waals surface area contributed by atoms with Crippen LogP contribution in [0.4, 0.5) is 0 Å². The van der Waals surface area contributed by atoms with Gasteiger partial charge in [0.2, 0.25) is 23.6 Å². The van der Waals surface area contributed by atoms with E-state index < -0.39 is 40.8 Å². The van der Waals surface area contributed by atoms with Crippen LogP contribution in [-0.2, 0) is 27.8 Å². The molecule has 256 valence electrons. The number of rotatable bonds is 6. The summed E-state index contributed by atoms with van der Waals surface area (Å²) in [7, 11) is 0. The Labute approximate surface area is 288 Å². The fourth-order valence-electron chi connectivity index (χ4n) is 6.65. The first kappa shape index (κ1) is 33.0. The summed E-state index contributed by atoms with van der Waals surface area (Å²) in [6.45, 7) is 9.24. The molecule has 12 heteroatoms. The van der Waals surface area contributed by atoms with Gasteiger partial charge in [-0.2, -0.15) is 5.26 Å². The molecule has 1 aliphatic heterocycles. The molecule has 2 amide bonds. The van der Waals surface area contributed by atoms with Gasteiger partial charge < -0.3 is 29.1 Å². The van der Waals surface area contributed by atoms with Gasteiger partial charge in [0.25, 0.3) is 0 Å². The van der Waals surface area contributed by atoms with Crippen molar-refractivity contribution >= 4 is 11.8 Å². The molecule has 0 spiro atoms. The number of aromatic nitrogens is 3. The summed E-state index contributed by atoms with van der Waals surface area (Å²) in [4.78, 5) is 36.7. The topological polar surface area (TPSA) is 180 Å². The number of nitrogens with one attached hydrogen (secondary N) is 2. The molecule has 3 aromatic heterocycles. The van der Waals surface area contributed by atoms with Gasteiger partial charge in [0.15, 0.2) is 17.2 Å². The van der Waals surface area contributed by atoms with Crippen LogP contribution in [0.25, 0.3) is 34.3 Å². The lowest BCUT2D eigenvalue weighted by atomic mass is 9.79. The quantitative estimate of drug-likeness (QED) is 0.203. The van der Waals surface area contributed by atoms with Crippen molar-refractivity contribution in [1.82, 2.24) is 25.8 Å². The van der Waals surface area contributed by atoms with Crippen LogP contribution in [0, 0.1) is 22.7 Å². The second-order valence-corrected chi connectivity index (χ2v) is 14.5. The van der Waals surface area contributed by atoms with Crippen LogP contribution in [0.3, 0.4) is 0 Å². The number of nitrogens with zero attached hydrogens (tertiary/aromatic N) is 4. The summed E-state index contributed by atoms with van der Waals surface area (Å²) in [5, 5.41) is 31.5. The molecular weight excluding hydrogens is 636 g/mol. The molecule has 1 aliphatic carbocycles. The summed E-state index contributed by atoms with van der Waals surface area (Å²) in [5.41, 5.74) is 2.70. The highest BCUT2D eigenvalue weighted by Crippen LogP contribution is 2.49. The van der Waals surface area contributed by atoms with E-state index in [1.54, 1.807) is 19.9 Å². The van der Waals surface area contributed by atoms with Gasteiger partial charge in [0, 0.05) is 18.1 Å². The number of hydrogen-bond acceptors (Lipinski definition) is 10. The smallest absolute Gasteiger partial charge is 0.249 e. The molecule has 5 aromatic rings. The van der Waals surface area contributed by atoms with Crippen LogP contribution in [0.15, 0.2) is 74.2 Å². The molecule has 0 radical (unpaired) electrons. The molecule has 0 fully saturated rings. The van der Waals surface area contributed by atoms with Crippen LogP contribution in [0.2, 0.25) is 0 Å². The number of fused-ring (bicyclic) bond motifs is 4. The monoisotopic (exact) mass is 674 g/mol. The predicted molar refractivity (Wildman–Crippen MR) is 181 cm³/mol. The maximum atomic E-state index is 14.0. The van der Waals surface area contributed by atoms with E-state index >= 15 is 0 Å². The Balaban J connectivity index is 1.35. The Morgan fingerprint density at radius 1 is 1.12 bits per heavy atom. The molecule has 4 atom stereocenters. The van der Waals surface area contributed by atoms with E-state index in [0.29, 0.717) is 30.0 Å². The third kappa shape index (κ3) is 5.77. The number of aryl methyl sites for hydroxylation is 1. The summed E-state index contributed by atoms with van der Waals surface area (Å²) < 4.78 is 18.2. The van der Waals surface area contributed by atoms with Gasteiger partial charge in [-0.15, -0.1) is 0 Å². The summed E-state index contributed by atoms with van der Waals surface area (Å²) >= 11 is 0. The van der Waals surface area contributed by atoms with Crippen LogP contribution < -0.4 is 10.6 Å². The number of aliphatic hydroxyl groups excluding tert-OH is 1. The Hall–Kier alpha value is -5.54. The molecule has 2 aromatic carbocycles. The van der Waals surface area contributed by atoms with E-state index in [4.69, 9.17) is 23.3 Å². The fraction of sp³-hybridized carbons (Fsp3) is 0.368. The van der Waals surface area contributed by atoms with Crippen LogP contribution in [0.1, 0.15) is 75.4 Å². The molecule has 4 heterocycles. The van der Waals surface area contributed by atoms with E-state index in [1.165, 1.54) is 6.26 Å². The van der Waals surface area contributed by atoms with Gasteiger partial charge in [-0.1, -0.05) is 88.3 Å². The minimum Gasteiger partial charge on any atom is -0.442 e. The molecule has 50 heavy (non-hydrogen) atoms. The third-order valence-electron chi connectivity index (χ3n) is 9.54. The first-order valence-electron chi connectivity index (χ1n) is 16.7. The minimum atomic E-state index is -1.29. The second-order valence-electron chi connectivity index (χ2n) is 14.5. The minimum absolute atomic E-state index is 0.114. The lowest BCUT2D eigenvalue weighted by Gasteiger charge is -2.31. The highest BCUT2D eigenvalue weighted by atomic mass is 16.5. The lowest BCUT2D eigenvalue weighted by molar-refractivity contribution is -0.136. The zero-order valence-electron chi connectivity index (χ0n) is 28.5. The number of benzene rings is 2. The van der Waals surface area contributed by atoms with Crippen molar-refractivity contribution in [2.45, 2.75) is 77.5 Å². The van der Waals surface area contributed by atoms with E-state index in [-0.39, 0.29) is 35.6 Å². The standard InChI is InChI=1S/C38H38N6O6/c1-20(2)30(45)34(47)40-26-16-21-11-12-22-13-14-38(19-39,24(22)15-21)32-29(42-36(49-32)31(37(3,4)5)43-33(26)46)35-41-27(18-48-35)28-17-25(44-50-28)23-9-7-6-8-10-23/h6-12,15,17-18,20,26,30-31,45H,13-14,16H2,1-5H3,(H,40,47)(H,43,46)/t26-,30-,31+,38+/m0/s1. The molecule has 12 nitrogen and oxygen atoms in total. The van der Waals surface area contributed by atoms with E-state index in [2.05, 4.69) is 21.9 Å². The maximum absolute atomic E-state index is 14.0. The van der Waals surface area contributed by atoms with Crippen molar-refractivity contribution in [3.05, 3.63) is 89.2 Å². The molecule has 0 saturated heterocycles. The number of nitriles is 1. The number of carbonyl (C=O) groups excluding carboxylic acids is 2. The van der Waals surface area contributed by atoms with Gasteiger partial charge in [-0.3, -0.25) is 9.59 Å². The fourth-order valence-corrected chi connectivity index (χ4v) is 6.65. The number of hydrogen-bond donors (Lipinski definition) is 3. The van der Waals surface area contributed by atoms with Gasteiger partial charge in [-0.25, -0.2) is 9.97 Å². The average Bonchev–Trinajstić information content (AvgIpc) is 3.91. The van der Waals surface area contributed by atoms with Gasteiger partial charge in [-0.05, 0) is 40.9 Å². The Kier molecular flexibility index (Phi) is 8.19. The molecular formula is C38H38N6O6. The van der Waals surface area contributed by atoms with Crippen LogP contribution in [-0.4, -0.2) is 44.2 Å². The molecule has 0 unspecified atom stereocenters. The first-order chi connectivity index (χ1) is 23.9. The zero-order chi connectivity index (χ0) is 35.4. The Morgan fingerprint density at radius 2 is 1.90 bits per heavy atom. The molecule has 4 bridgehead atoms. The van der Waals surface area contributed by atoms with E-state index in [1.807, 2.05) is 69.3 Å². The molecule has 7 rings (SSSR count). The van der Waals surface area contributed by atoms with Crippen molar-refractivity contribution in [1.29, 1.82) is 5.26 Å². The highest BCUT2D eigenvalue weighted by Gasteiger charge is 2.49. The SMILES string of the molecule is CC(C)[C@H](O)C(=O)N[C@H]1Cc2ccc3c(c2)[C@](C#N)(CC3)c2oc(nc2-c2nc(-c3cc(-c4ccccc4)no3)co2)[C@H](C(C)(C)C)NC1=O. The van der Waals surface area contributed by atoms with Gasteiger partial charge >= 0.3 is 0 Å². The van der Waals surface area contributed by atoms with E-state index in [0.717, 1.165) is 22.3 Å². The van der Waals surface area contributed by atoms with E-state index in [9.17, 15) is 20.0 Å². The largest absolute Gasteiger partial charge is 0.442 e. The summed E-state index contributed by atoms with van der Waals surface area (Å²) in [6.07, 6.45) is 1.32. The number of oxazole rings is 2. The van der Waals surface area contributed by atoms with Crippen molar-refractivity contribution < 1.29 is 28.1 Å². The number of amides is 2. The molecule has 0 saturated carbocycles. The summed E-state index contributed by atoms with van der Waals surface area (Å²) in [6, 6.07) is 17.9. The van der Waals surface area contributed by atoms with Gasteiger partial charge in [0.1, 0.15) is 41.3 Å². The summed E-state index contributed by atoms with van der Waals surface area (Å²) in [5.74, 6) is -0.529. The van der Waals surface area contributed by atoms with Crippen molar-refractivity contribution in [3.8, 4) is 40.4 Å². The highest BCUT2D eigenvalue weighted by molar-refractivity contribution is 5.90. The molecule has 3 N–H and O–H groups in total. The van der Waals surface area contributed by atoms with Crippen molar-refractivity contribution in [3.63, 3.8) is 0 Å². The number of carbonyl (C=O) groups is 2. The van der Waals surface area contributed by atoms with Gasteiger partial charge in [0.05, 0.1) is 6.07 Å². The lowest BCUT2D eigenvalue weighted by Crippen LogP contribution is -2.53. The Bertz CT molecular complexity index is 2120. The van der Waals surface area contributed by atoms with Crippen LogP contribution in [0.5, 0.6) is 0 Å². The van der Waals surface area contributed by atoms with Crippen LogP contribution >= 0.6 is 0 Å². The average molecular weight is 675 g/mol. The van der Waals surface area contributed by atoms with Crippen molar-refractivity contribution in [2.75, 3.05) is 0 Å². The Morgan fingerprint density at radius 3 is 2.62 bits per heavy atom. The third-order valence-corrected chi connectivity index (χ3v) is 9.54. The second kappa shape index (κ2) is 12.4. The normalized spacial score (nSPS) is 20.8. The molecule has 2 aliphatic rings.